The number of carbonyl (C=O) groups excluding carboxylic acids is 1. The number of carbonyl (C=O) groups is 1. The number of aryl methyl sites for hydroxylation is 1. The Kier molecular flexibility index (Phi) is 4.83. The first-order chi connectivity index (χ1) is 12.4. The summed E-state index contributed by atoms with van der Waals surface area (Å²) in [5.41, 5.74) is 0.174. The number of amides is 1. The molecule has 2 N–H and O–H groups in total. The lowest BCUT2D eigenvalue weighted by Gasteiger charge is -2.10. The molecule has 0 aliphatic carbocycles. The molecule has 2 aromatic carbocycles. The lowest BCUT2D eigenvalue weighted by molar-refractivity contribution is 0.102. The number of nitrogens with zero attached hydrogens (tertiary/aromatic N) is 2. The van der Waals surface area contributed by atoms with Crippen molar-refractivity contribution >= 4 is 23.2 Å². The number of halogens is 3. The molecule has 26 heavy (non-hydrogen) atoms. The number of anilines is 3. The Bertz CT molecular complexity index is 958. The topological polar surface area (TPSA) is 66.9 Å². The molecular weight excluding hydrogens is 345 g/mol. The molecule has 1 amide bonds. The number of aromatic nitrogens is 2. The van der Waals surface area contributed by atoms with E-state index in [1.54, 1.807) is 13.0 Å². The van der Waals surface area contributed by atoms with Gasteiger partial charge in [0, 0.05) is 11.4 Å². The first-order valence-electron chi connectivity index (χ1n) is 7.56. The van der Waals surface area contributed by atoms with E-state index < -0.39 is 29.0 Å². The van der Waals surface area contributed by atoms with Crippen LogP contribution in [0, 0.1) is 24.4 Å². The average molecular weight is 358 g/mol. The lowest BCUT2D eigenvalue weighted by Crippen LogP contribution is -2.17. The van der Waals surface area contributed by atoms with Gasteiger partial charge in [0.2, 0.25) is 5.95 Å². The van der Waals surface area contributed by atoms with Gasteiger partial charge >= 0.3 is 0 Å². The van der Waals surface area contributed by atoms with Crippen molar-refractivity contribution in [1.29, 1.82) is 0 Å². The fourth-order valence-corrected chi connectivity index (χ4v) is 2.23. The Morgan fingerprint density at radius 1 is 0.962 bits per heavy atom. The van der Waals surface area contributed by atoms with E-state index in [1.807, 2.05) is 0 Å². The van der Waals surface area contributed by atoms with E-state index in [4.69, 9.17) is 0 Å². The highest BCUT2D eigenvalue weighted by molar-refractivity contribution is 6.03. The molecule has 0 radical (unpaired) electrons. The third-order valence-corrected chi connectivity index (χ3v) is 3.37. The van der Waals surface area contributed by atoms with Gasteiger partial charge in [0.05, 0.1) is 0 Å². The second-order valence-corrected chi connectivity index (χ2v) is 5.40. The molecule has 0 bridgehead atoms. The first kappa shape index (κ1) is 17.4. The predicted molar refractivity (Wildman–Crippen MR) is 90.8 cm³/mol. The van der Waals surface area contributed by atoms with Crippen LogP contribution in [0.15, 0.2) is 48.5 Å². The van der Waals surface area contributed by atoms with Crippen molar-refractivity contribution in [3.63, 3.8) is 0 Å². The van der Waals surface area contributed by atoms with Crippen LogP contribution >= 0.6 is 0 Å². The summed E-state index contributed by atoms with van der Waals surface area (Å²) in [5, 5.41) is 4.93. The van der Waals surface area contributed by atoms with Gasteiger partial charge in [-0.1, -0.05) is 12.1 Å². The molecule has 8 heteroatoms. The van der Waals surface area contributed by atoms with Crippen LogP contribution < -0.4 is 10.6 Å². The number of para-hydroxylation sites is 1. The van der Waals surface area contributed by atoms with Crippen LogP contribution in [0.4, 0.5) is 30.5 Å². The summed E-state index contributed by atoms with van der Waals surface area (Å²) in [5.74, 6) is -3.00. The van der Waals surface area contributed by atoms with Crippen molar-refractivity contribution in [2.24, 2.45) is 0 Å². The Labute approximate surface area is 146 Å². The second-order valence-electron chi connectivity index (χ2n) is 5.40. The summed E-state index contributed by atoms with van der Waals surface area (Å²) in [6.45, 7) is 1.62. The highest BCUT2D eigenvalue weighted by Crippen LogP contribution is 2.20. The fourth-order valence-electron chi connectivity index (χ4n) is 2.23. The van der Waals surface area contributed by atoms with E-state index in [1.165, 1.54) is 30.3 Å². The molecule has 5 nitrogen and oxygen atoms in total. The summed E-state index contributed by atoms with van der Waals surface area (Å²) in [6, 6.07) is 10.2. The molecule has 0 saturated heterocycles. The Hall–Kier alpha value is -3.42. The molecule has 1 aromatic heterocycles. The highest BCUT2D eigenvalue weighted by Gasteiger charge is 2.16. The number of benzene rings is 2. The van der Waals surface area contributed by atoms with Crippen molar-refractivity contribution < 1.29 is 18.0 Å². The van der Waals surface area contributed by atoms with E-state index in [-0.39, 0.29) is 11.6 Å². The zero-order chi connectivity index (χ0) is 18.7. The van der Waals surface area contributed by atoms with Crippen molar-refractivity contribution in [1.82, 2.24) is 9.97 Å². The quantitative estimate of drug-likeness (QED) is 0.734. The summed E-state index contributed by atoms with van der Waals surface area (Å²) >= 11 is 0. The molecule has 0 aliphatic heterocycles. The smallest absolute Gasteiger partial charge is 0.274 e. The van der Waals surface area contributed by atoms with E-state index in [0.29, 0.717) is 11.4 Å². The van der Waals surface area contributed by atoms with Crippen molar-refractivity contribution in [2.75, 3.05) is 10.6 Å². The first-order valence-corrected chi connectivity index (χ1v) is 7.56. The van der Waals surface area contributed by atoms with Crippen LogP contribution in [0.1, 0.15) is 16.2 Å². The lowest BCUT2D eigenvalue weighted by atomic mass is 10.2. The minimum atomic E-state index is -0.901. The van der Waals surface area contributed by atoms with Gasteiger partial charge in [-0.25, -0.2) is 23.1 Å². The van der Waals surface area contributed by atoms with Gasteiger partial charge in [-0.05, 0) is 43.3 Å². The molecule has 0 unspecified atom stereocenters. The maximum absolute atomic E-state index is 13.7. The minimum absolute atomic E-state index is 0.0507. The number of hydrogen-bond donors (Lipinski definition) is 2. The maximum atomic E-state index is 13.7. The van der Waals surface area contributed by atoms with E-state index in [0.717, 1.165) is 12.1 Å². The van der Waals surface area contributed by atoms with Crippen LogP contribution in [-0.4, -0.2) is 15.9 Å². The number of hydrogen-bond acceptors (Lipinski definition) is 4. The van der Waals surface area contributed by atoms with Gasteiger partial charge in [0.1, 0.15) is 28.8 Å². The number of rotatable bonds is 4. The average Bonchev–Trinajstić information content (AvgIpc) is 2.57. The summed E-state index contributed by atoms with van der Waals surface area (Å²) < 4.78 is 40.6. The Balaban J connectivity index is 1.86. The van der Waals surface area contributed by atoms with Crippen LogP contribution in [0.25, 0.3) is 0 Å². The van der Waals surface area contributed by atoms with Gasteiger partial charge in [-0.15, -0.1) is 0 Å². The molecule has 0 spiro atoms. The molecule has 0 fully saturated rings. The highest BCUT2D eigenvalue weighted by atomic mass is 19.1. The summed E-state index contributed by atoms with van der Waals surface area (Å²) in [6.07, 6.45) is 0. The standard InChI is InChI=1S/C18H13F3N4O/c1-10-8-15(17(26)25-16-13(20)6-3-7-14(16)21)24-18(22-10)23-12-5-2-4-11(19)9-12/h2-9H,1H3,(H,25,26)(H,22,23,24). The third kappa shape index (κ3) is 3.97. The van der Waals surface area contributed by atoms with Crippen LogP contribution in [0.3, 0.4) is 0 Å². The van der Waals surface area contributed by atoms with E-state index >= 15 is 0 Å². The van der Waals surface area contributed by atoms with Crippen LogP contribution in [0.5, 0.6) is 0 Å². The fraction of sp³-hybridized carbons (Fsp3) is 0.0556. The SMILES string of the molecule is Cc1cc(C(=O)Nc2c(F)cccc2F)nc(Nc2cccc(F)c2)n1. The summed E-state index contributed by atoms with van der Waals surface area (Å²) in [7, 11) is 0. The predicted octanol–water partition coefficient (Wildman–Crippen LogP) is 4.20. The molecule has 3 rings (SSSR count). The summed E-state index contributed by atoms with van der Waals surface area (Å²) in [4.78, 5) is 20.4. The Morgan fingerprint density at radius 2 is 1.65 bits per heavy atom. The van der Waals surface area contributed by atoms with Crippen molar-refractivity contribution in [3.05, 3.63) is 77.4 Å². The number of nitrogens with one attached hydrogen (secondary N) is 2. The van der Waals surface area contributed by atoms with Crippen LogP contribution in [0.2, 0.25) is 0 Å². The third-order valence-electron chi connectivity index (χ3n) is 3.37. The molecule has 132 valence electrons. The largest absolute Gasteiger partial charge is 0.324 e. The monoisotopic (exact) mass is 358 g/mol. The van der Waals surface area contributed by atoms with E-state index in [2.05, 4.69) is 20.6 Å². The maximum Gasteiger partial charge on any atom is 0.274 e. The van der Waals surface area contributed by atoms with Gasteiger partial charge in [0.15, 0.2) is 0 Å². The van der Waals surface area contributed by atoms with Crippen LogP contribution in [-0.2, 0) is 0 Å². The van der Waals surface area contributed by atoms with Gasteiger partial charge in [0.25, 0.3) is 5.91 Å². The van der Waals surface area contributed by atoms with Crippen molar-refractivity contribution in [2.45, 2.75) is 6.92 Å². The zero-order valence-corrected chi connectivity index (χ0v) is 13.6. The molecular formula is C18H13F3N4O. The molecule has 0 atom stereocenters. The Morgan fingerprint density at radius 3 is 2.35 bits per heavy atom. The normalized spacial score (nSPS) is 10.5. The van der Waals surface area contributed by atoms with E-state index in [9.17, 15) is 18.0 Å². The molecule has 3 aromatic rings. The van der Waals surface area contributed by atoms with Gasteiger partial charge < -0.3 is 10.6 Å². The molecule has 0 saturated carbocycles. The van der Waals surface area contributed by atoms with Gasteiger partial charge in [-0.2, -0.15) is 0 Å². The zero-order valence-electron chi connectivity index (χ0n) is 13.6. The minimum Gasteiger partial charge on any atom is -0.324 e. The van der Waals surface area contributed by atoms with Crippen molar-refractivity contribution in [3.8, 4) is 0 Å². The molecule has 0 aliphatic rings. The second kappa shape index (κ2) is 7.22. The van der Waals surface area contributed by atoms with Gasteiger partial charge in [-0.3, -0.25) is 4.79 Å². The molecule has 1 heterocycles.